The predicted octanol–water partition coefficient (Wildman–Crippen LogP) is 5.82. The van der Waals surface area contributed by atoms with Gasteiger partial charge in [0.2, 0.25) is 11.8 Å². The number of ether oxygens (including phenoxy) is 3. The van der Waals surface area contributed by atoms with Crippen LogP contribution in [-0.4, -0.2) is 36.2 Å². The molecule has 10 nitrogen and oxygen atoms in total. The zero-order valence-electron chi connectivity index (χ0n) is 25.5. The quantitative estimate of drug-likeness (QED) is 0.241. The van der Waals surface area contributed by atoms with E-state index in [2.05, 4.69) is 31.5 Å². The number of halogens is 1. The summed E-state index contributed by atoms with van der Waals surface area (Å²) in [6.45, 7) is 3.96. The summed E-state index contributed by atoms with van der Waals surface area (Å²) in [5.74, 6) is -1.42. The van der Waals surface area contributed by atoms with E-state index in [1.54, 1.807) is 0 Å². The molecular formula is C35H32BrN3O7. The van der Waals surface area contributed by atoms with Crippen LogP contribution in [0.1, 0.15) is 70.7 Å². The molecule has 1 spiro atoms. The number of hydrogen-bond acceptors (Lipinski definition) is 9. The predicted molar refractivity (Wildman–Crippen MR) is 170 cm³/mol. The van der Waals surface area contributed by atoms with E-state index in [9.17, 15) is 14.4 Å². The molecule has 4 atom stereocenters. The van der Waals surface area contributed by atoms with E-state index < -0.39 is 35.5 Å². The Hall–Kier alpha value is -4.64. The summed E-state index contributed by atoms with van der Waals surface area (Å²) >= 11 is 3.67. The Morgan fingerprint density at radius 3 is 2.63 bits per heavy atom. The van der Waals surface area contributed by atoms with Crippen molar-refractivity contribution in [2.45, 2.75) is 51.0 Å². The van der Waals surface area contributed by atoms with Gasteiger partial charge >= 0.3 is 11.9 Å². The first kappa shape index (κ1) is 30.0. The number of anilines is 1. The van der Waals surface area contributed by atoms with Gasteiger partial charge in [-0.1, -0.05) is 68.4 Å². The van der Waals surface area contributed by atoms with Gasteiger partial charge in [0.25, 0.3) is 0 Å². The third kappa shape index (κ3) is 4.84. The van der Waals surface area contributed by atoms with Crippen LogP contribution in [0.5, 0.6) is 5.75 Å². The Balaban J connectivity index is 1.37. The minimum Gasteiger partial charge on any atom is -0.469 e. The second-order valence-corrected chi connectivity index (χ2v) is 13.0. The number of hydrogen-bond donors (Lipinski definition) is 2. The van der Waals surface area contributed by atoms with Crippen LogP contribution >= 0.6 is 15.9 Å². The molecule has 1 aromatic heterocycles. The molecule has 3 aliphatic rings. The number of methoxy groups -OCH3 is 1. The van der Waals surface area contributed by atoms with E-state index in [0.29, 0.717) is 5.75 Å². The zero-order valence-corrected chi connectivity index (χ0v) is 27.1. The number of nitrogens with zero attached hydrogens (tertiary/aromatic N) is 1. The Morgan fingerprint density at radius 1 is 1.07 bits per heavy atom. The molecule has 46 heavy (non-hydrogen) atoms. The van der Waals surface area contributed by atoms with Crippen molar-refractivity contribution in [1.82, 2.24) is 10.3 Å². The molecule has 4 aromatic rings. The van der Waals surface area contributed by atoms with Gasteiger partial charge in [-0.05, 0) is 51.5 Å². The lowest BCUT2D eigenvalue weighted by atomic mass is 9.72. The maximum Gasteiger partial charge on any atom is 0.360 e. The molecule has 3 aliphatic heterocycles. The van der Waals surface area contributed by atoms with Crippen molar-refractivity contribution in [2.24, 2.45) is 11.8 Å². The Morgan fingerprint density at radius 2 is 1.87 bits per heavy atom. The number of esters is 2. The van der Waals surface area contributed by atoms with Crippen molar-refractivity contribution >= 4 is 39.5 Å². The van der Waals surface area contributed by atoms with E-state index in [1.165, 1.54) is 7.11 Å². The minimum atomic E-state index is -1.12. The second-order valence-electron chi connectivity index (χ2n) is 12.1. The lowest BCUT2D eigenvalue weighted by Crippen LogP contribution is -2.41. The summed E-state index contributed by atoms with van der Waals surface area (Å²) in [5, 5.41) is 6.56. The molecule has 3 aromatic carbocycles. The largest absolute Gasteiger partial charge is 0.469 e. The van der Waals surface area contributed by atoms with E-state index in [1.807, 2.05) is 80.6 Å². The first-order chi connectivity index (χ1) is 22.2. The van der Waals surface area contributed by atoms with Gasteiger partial charge in [-0.15, -0.1) is 0 Å². The smallest absolute Gasteiger partial charge is 0.360 e. The molecule has 236 valence electrons. The molecule has 2 N–H and O–H groups in total. The number of benzene rings is 3. The number of aromatic nitrogens is 1. The number of amides is 1. The van der Waals surface area contributed by atoms with Gasteiger partial charge in [-0.25, -0.2) is 9.78 Å². The summed E-state index contributed by atoms with van der Waals surface area (Å²) in [6.07, 6.45) is -0.540. The van der Waals surface area contributed by atoms with Crippen molar-refractivity contribution in [3.8, 4) is 5.75 Å². The van der Waals surface area contributed by atoms with Crippen molar-refractivity contribution in [3.05, 3.63) is 111 Å². The molecule has 0 saturated heterocycles. The fourth-order valence-corrected chi connectivity index (χ4v) is 7.17. The van der Waals surface area contributed by atoms with Gasteiger partial charge in [0.05, 0.1) is 25.1 Å². The molecule has 4 heterocycles. The monoisotopic (exact) mass is 685 g/mol. The highest BCUT2D eigenvalue weighted by molar-refractivity contribution is 9.10. The van der Waals surface area contributed by atoms with Crippen molar-refractivity contribution in [1.29, 1.82) is 0 Å². The highest BCUT2D eigenvalue weighted by Gasteiger charge is 2.61. The maximum absolute atomic E-state index is 13.9. The normalized spacial score (nSPS) is 22.4. The molecule has 7 rings (SSSR count). The van der Waals surface area contributed by atoms with E-state index in [0.717, 1.165) is 32.4 Å². The minimum absolute atomic E-state index is 0.000774. The fourth-order valence-electron chi connectivity index (χ4n) is 6.69. The third-order valence-electron chi connectivity index (χ3n) is 8.94. The fraction of sp³-hybridized carbons (Fsp3) is 0.314. The molecule has 0 fully saturated rings. The van der Waals surface area contributed by atoms with Crippen LogP contribution in [-0.2, 0) is 37.5 Å². The average Bonchev–Trinajstić information content (AvgIpc) is 3.72. The number of oxazole rings is 1. The van der Waals surface area contributed by atoms with Gasteiger partial charge < -0.3 is 29.3 Å². The van der Waals surface area contributed by atoms with E-state index >= 15 is 0 Å². The van der Waals surface area contributed by atoms with Gasteiger partial charge in [0.15, 0.2) is 17.7 Å². The molecule has 1 amide bonds. The molecule has 4 bridgehead atoms. The number of nitrogens with one attached hydrogen (secondary N) is 2. The van der Waals surface area contributed by atoms with Crippen LogP contribution in [0.4, 0.5) is 5.69 Å². The van der Waals surface area contributed by atoms with Crippen LogP contribution in [0.2, 0.25) is 0 Å². The molecule has 11 heteroatoms. The Labute approximate surface area is 274 Å². The van der Waals surface area contributed by atoms with Crippen molar-refractivity contribution < 1.29 is 33.0 Å². The lowest BCUT2D eigenvalue weighted by Gasteiger charge is -2.28. The first-order valence-corrected chi connectivity index (χ1v) is 15.9. The number of carbonyl (C=O) groups is 3. The second kappa shape index (κ2) is 11.6. The van der Waals surface area contributed by atoms with Gasteiger partial charge in [0, 0.05) is 15.6 Å². The van der Waals surface area contributed by atoms with Gasteiger partial charge in [-0.3, -0.25) is 9.59 Å². The van der Waals surface area contributed by atoms with Crippen molar-refractivity contribution in [3.63, 3.8) is 0 Å². The topological polar surface area (TPSA) is 129 Å². The van der Waals surface area contributed by atoms with Gasteiger partial charge in [-0.2, -0.15) is 0 Å². The lowest BCUT2D eigenvalue weighted by molar-refractivity contribution is -0.148. The standard InChI is InChI=1S/C35H32BrN3O7/c1-18(2)27-32-38-29(33(42)43-3)30(46-32)35-22-10-7-11-24(36)28(22)39-34(35)45-25-13-12-20(15-23(25)35)14-21(31(41)37-27)16-26(40)44-17-19-8-5-4-6-9-19/h4-13,15,18,21,27,34,39H,14,16-17H2,1-3H3,(H,37,41)/t21?,27-,34?,35-/m0/s1. The number of fused-ring (bicyclic) bond motifs is 4. The summed E-state index contributed by atoms with van der Waals surface area (Å²) in [7, 11) is 1.29. The molecule has 0 saturated carbocycles. The third-order valence-corrected chi connectivity index (χ3v) is 9.60. The Bertz CT molecular complexity index is 1860. The highest BCUT2D eigenvalue weighted by atomic mass is 79.9. The first-order valence-electron chi connectivity index (χ1n) is 15.2. The highest BCUT2D eigenvalue weighted by Crippen LogP contribution is 2.59. The van der Waals surface area contributed by atoms with Crippen molar-refractivity contribution in [2.75, 3.05) is 12.4 Å². The van der Waals surface area contributed by atoms with Crippen LogP contribution < -0.4 is 15.4 Å². The average molecular weight is 687 g/mol. The zero-order chi connectivity index (χ0) is 32.2. The maximum atomic E-state index is 13.9. The Kier molecular flexibility index (Phi) is 7.59. The summed E-state index contributed by atoms with van der Waals surface area (Å²) < 4.78 is 24.7. The van der Waals surface area contributed by atoms with E-state index in [4.69, 9.17) is 18.6 Å². The SMILES string of the molecule is COC(=O)c1nc2oc1[C@]13c4cc(ccc4OC1Nc1c(Br)cccc13)CC(CC(=O)OCc1ccccc1)C(=O)N[C@H]2C(C)C. The molecule has 0 aliphatic carbocycles. The number of rotatable bonds is 6. The van der Waals surface area contributed by atoms with Crippen LogP contribution in [0.25, 0.3) is 0 Å². The number of para-hydroxylation sites is 1. The van der Waals surface area contributed by atoms with Crippen LogP contribution in [0.3, 0.4) is 0 Å². The summed E-state index contributed by atoms with van der Waals surface area (Å²) in [5.41, 5.74) is 2.93. The molecule has 0 radical (unpaired) electrons. The van der Waals surface area contributed by atoms with Crippen LogP contribution in [0, 0.1) is 11.8 Å². The number of carbonyl (C=O) groups excluding carboxylic acids is 3. The van der Waals surface area contributed by atoms with Crippen LogP contribution in [0.15, 0.2) is 75.6 Å². The summed E-state index contributed by atoms with van der Waals surface area (Å²) in [6, 6.07) is 20.2. The molecular weight excluding hydrogens is 654 g/mol. The molecule has 2 unspecified atom stereocenters. The van der Waals surface area contributed by atoms with E-state index in [-0.39, 0.29) is 48.6 Å². The van der Waals surface area contributed by atoms with Gasteiger partial charge in [0.1, 0.15) is 23.8 Å². The summed E-state index contributed by atoms with van der Waals surface area (Å²) in [4.78, 5) is 45.1.